The van der Waals surface area contributed by atoms with Crippen molar-refractivity contribution in [2.75, 3.05) is 0 Å². The lowest BCUT2D eigenvalue weighted by molar-refractivity contribution is -0.151. The van der Waals surface area contributed by atoms with Crippen LogP contribution in [0.15, 0.2) is 28.7 Å². The van der Waals surface area contributed by atoms with Crippen LogP contribution in [-0.4, -0.2) is 28.1 Å². The normalized spacial score (nSPS) is 31.9. The van der Waals surface area contributed by atoms with E-state index in [0.717, 1.165) is 10.0 Å². The number of Topliss-reactive ketones (excluding diaryl/α,β-unsaturated/α-hetero) is 3. The standard InChI is InChI=1S/C17H19BrO4/c1-9(19)14-13(21)8-17(3,22)16(10(2)20)15(14)11-4-6-12(18)7-5-11/h4-7,14-16,22H,8H2,1-3H3/t14-,15+,16-,17-/m0/s1. The van der Waals surface area contributed by atoms with Crippen molar-refractivity contribution in [2.24, 2.45) is 11.8 Å². The third-order valence-electron chi connectivity index (χ3n) is 4.40. The smallest absolute Gasteiger partial charge is 0.146 e. The highest BCUT2D eigenvalue weighted by Crippen LogP contribution is 2.46. The van der Waals surface area contributed by atoms with E-state index in [9.17, 15) is 19.5 Å². The second-order valence-electron chi connectivity index (χ2n) is 6.25. The van der Waals surface area contributed by atoms with Gasteiger partial charge in [-0.25, -0.2) is 0 Å². The predicted molar refractivity (Wildman–Crippen MR) is 85.5 cm³/mol. The van der Waals surface area contributed by atoms with Gasteiger partial charge in [-0.2, -0.15) is 0 Å². The minimum atomic E-state index is -1.44. The SMILES string of the molecule is CC(=O)[C@H]1C(=O)C[C@](C)(O)[C@@H](C(C)=O)[C@@H]1c1ccc(Br)cc1. The molecule has 1 fully saturated rings. The molecule has 1 aliphatic rings. The Morgan fingerprint density at radius 1 is 1.18 bits per heavy atom. The first-order valence-corrected chi connectivity index (χ1v) is 7.96. The first-order chi connectivity index (χ1) is 10.1. The zero-order valence-corrected chi connectivity index (χ0v) is 14.4. The van der Waals surface area contributed by atoms with E-state index in [1.54, 1.807) is 24.3 Å². The van der Waals surface area contributed by atoms with Crippen LogP contribution in [-0.2, 0) is 14.4 Å². The summed E-state index contributed by atoms with van der Waals surface area (Å²) in [4.78, 5) is 36.5. The maximum Gasteiger partial charge on any atom is 0.146 e. The molecule has 0 amide bonds. The molecule has 0 spiro atoms. The predicted octanol–water partition coefficient (Wildman–Crippen LogP) is 2.67. The largest absolute Gasteiger partial charge is 0.389 e. The van der Waals surface area contributed by atoms with Crippen LogP contribution in [0, 0.1) is 11.8 Å². The van der Waals surface area contributed by atoms with Gasteiger partial charge in [-0.3, -0.25) is 14.4 Å². The number of hydrogen-bond donors (Lipinski definition) is 1. The Bertz CT molecular complexity index is 618. The second-order valence-corrected chi connectivity index (χ2v) is 7.17. The molecule has 1 aromatic rings. The van der Waals surface area contributed by atoms with Crippen molar-refractivity contribution in [3.8, 4) is 0 Å². The molecule has 0 bridgehead atoms. The first-order valence-electron chi connectivity index (χ1n) is 7.16. The van der Waals surface area contributed by atoms with Gasteiger partial charge in [0.1, 0.15) is 17.3 Å². The molecule has 0 saturated heterocycles. The average Bonchev–Trinajstić information content (AvgIpc) is 2.36. The van der Waals surface area contributed by atoms with Crippen LogP contribution in [0.5, 0.6) is 0 Å². The lowest BCUT2D eigenvalue weighted by Crippen LogP contribution is -2.53. The summed E-state index contributed by atoms with van der Waals surface area (Å²) in [6, 6.07) is 7.18. The van der Waals surface area contributed by atoms with E-state index >= 15 is 0 Å². The number of carbonyl (C=O) groups excluding carboxylic acids is 3. The average molecular weight is 367 g/mol. The molecule has 0 aliphatic heterocycles. The fourth-order valence-electron chi connectivity index (χ4n) is 3.59. The Morgan fingerprint density at radius 2 is 1.73 bits per heavy atom. The Hall–Kier alpha value is -1.33. The Morgan fingerprint density at radius 3 is 2.18 bits per heavy atom. The zero-order valence-electron chi connectivity index (χ0n) is 12.8. The Labute approximate surface area is 138 Å². The molecule has 1 saturated carbocycles. The number of halogens is 1. The quantitative estimate of drug-likeness (QED) is 0.834. The van der Waals surface area contributed by atoms with Gasteiger partial charge in [0, 0.05) is 16.8 Å². The van der Waals surface area contributed by atoms with Crippen LogP contribution in [0.3, 0.4) is 0 Å². The van der Waals surface area contributed by atoms with E-state index in [1.807, 2.05) is 0 Å². The highest BCUT2D eigenvalue weighted by molar-refractivity contribution is 9.10. The fraction of sp³-hybridized carbons (Fsp3) is 0.471. The molecule has 0 heterocycles. The van der Waals surface area contributed by atoms with Crippen LogP contribution < -0.4 is 0 Å². The van der Waals surface area contributed by atoms with Gasteiger partial charge in [-0.1, -0.05) is 28.1 Å². The van der Waals surface area contributed by atoms with Gasteiger partial charge in [0.15, 0.2) is 0 Å². The highest BCUT2D eigenvalue weighted by atomic mass is 79.9. The summed E-state index contributed by atoms with van der Waals surface area (Å²) in [5.74, 6) is -3.06. The van der Waals surface area contributed by atoms with Crippen molar-refractivity contribution in [3.05, 3.63) is 34.3 Å². The summed E-state index contributed by atoms with van der Waals surface area (Å²) in [5.41, 5.74) is -0.719. The van der Waals surface area contributed by atoms with Crippen molar-refractivity contribution in [2.45, 2.75) is 38.7 Å². The second kappa shape index (κ2) is 6.05. The van der Waals surface area contributed by atoms with Crippen molar-refractivity contribution < 1.29 is 19.5 Å². The minimum absolute atomic E-state index is 0.172. The molecule has 4 nitrogen and oxygen atoms in total. The van der Waals surface area contributed by atoms with Crippen molar-refractivity contribution in [1.29, 1.82) is 0 Å². The molecule has 118 valence electrons. The maximum atomic E-state index is 12.4. The molecule has 22 heavy (non-hydrogen) atoms. The summed E-state index contributed by atoms with van der Waals surface area (Å²) in [6.45, 7) is 4.27. The Balaban J connectivity index is 2.61. The molecule has 1 N–H and O–H groups in total. The highest BCUT2D eigenvalue weighted by Gasteiger charge is 2.53. The third-order valence-corrected chi connectivity index (χ3v) is 4.93. The van der Waals surface area contributed by atoms with Gasteiger partial charge >= 0.3 is 0 Å². The summed E-state index contributed by atoms with van der Waals surface area (Å²) in [7, 11) is 0. The third kappa shape index (κ3) is 3.06. The van der Waals surface area contributed by atoms with Crippen molar-refractivity contribution in [3.63, 3.8) is 0 Å². The topological polar surface area (TPSA) is 71.4 Å². The van der Waals surface area contributed by atoms with Crippen LogP contribution in [0.4, 0.5) is 0 Å². The molecule has 4 atom stereocenters. The monoisotopic (exact) mass is 366 g/mol. The molecule has 1 aliphatic carbocycles. The summed E-state index contributed by atoms with van der Waals surface area (Å²) < 4.78 is 0.865. The van der Waals surface area contributed by atoms with Gasteiger partial charge < -0.3 is 5.11 Å². The number of ketones is 3. The van der Waals surface area contributed by atoms with Crippen molar-refractivity contribution >= 4 is 33.3 Å². The summed E-state index contributed by atoms with van der Waals surface area (Å²) in [6.07, 6.45) is -0.172. The van der Waals surface area contributed by atoms with Gasteiger partial charge in [-0.15, -0.1) is 0 Å². The number of benzene rings is 1. The lowest BCUT2D eigenvalue weighted by atomic mass is 9.60. The number of rotatable bonds is 3. The molecule has 0 unspecified atom stereocenters. The minimum Gasteiger partial charge on any atom is -0.389 e. The maximum absolute atomic E-state index is 12.4. The first kappa shape index (κ1) is 17.0. The van der Waals surface area contributed by atoms with Gasteiger partial charge in [-0.05, 0) is 38.5 Å². The van der Waals surface area contributed by atoms with Gasteiger partial charge in [0.05, 0.1) is 17.4 Å². The lowest BCUT2D eigenvalue weighted by Gasteiger charge is -2.44. The molecule has 5 heteroatoms. The summed E-state index contributed by atoms with van der Waals surface area (Å²) in [5, 5.41) is 10.6. The van der Waals surface area contributed by atoms with Crippen molar-refractivity contribution in [1.82, 2.24) is 0 Å². The van der Waals surface area contributed by atoms with Gasteiger partial charge in [0.25, 0.3) is 0 Å². The molecular formula is C17H19BrO4. The van der Waals surface area contributed by atoms with E-state index in [1.165, 1.54) is 20.8 Å². The summed E-state index contributed by atoms with van der Waals surface area (Å²) >= 11 is 3.34. The van der Waals surface area contributed by atoms with E-state index in [0.29, 0.717) is 0 Å². The molecule has 1 aromatic carbocycles. The Kier molecular flexibility index (Phi) is 4.68. The zero-order chi connectivity index (χ0) is 16.7. The molecular weight excluding hydrogens is 348 g/mol. The van der Waals surface area contributed by atoms with E-state index < -0.39 is 23.4 Å². The van der Waals surface area contributed by atoms with Gasteiger partial charge in [0.2, 0.25) is 0 Å². The number of aliphatic hydroxyl groups is 1. The van der Waals surface area contributed by atoms with Crippen LogP contribution in [0.1, 0.15) is 38.7 Å². The fourth-order valence-corrected chi connectivity index (χ4v) is 3.86. The van der Waals surface area contributed by atoms with E-state index in [4.69, 9.17) is 0 Å². The van der Waals surface area contributed by atoms with E-state index in [-0.39, 0.29) is 23.8 Å². The van der Waals surface area contributed by atoms with E-state index in [2.05, 4.69) is 15.9 Å². The molecule has 2 rings (SSSR count). The van der Waals surface area contributed by atoms with Crippen LogP contribution in [0.2, 0.25) is 0 Å². The number of carbonyl (C=O) groups is 3. The molecule has 0 radical (unpaired) electrons. The van der Waals surface area contributed by atoms with Crippen LogP contribution in [0.25, 0.3) is 0 Å². The molecule has 0 aromatic heterocycles. The van der Waals surface area contributed by atoms with Crippen LogP contribution >= 0.6 is 15.9 Å². The number of hydrogen-bond acceptors (Lipinski definition) is 4.